The molecule has 1 unspecified atom stereocenters. The molecule has 3 heteroatoms. The van der Waals surface area contributed by atoms with Crippen LogP contribution >= 0.6 is 0 Å². The van der Waals surface area contributed by atoms with Crippen LogP contribution in [0.25, 0.3) is 0 Å². The van der Waals surface area contributed by atoms with Crippen molar-refractivity contribution in [1.82, 2.24) is 9.78 Å². The number of hydrogen-bond acceptors (Lipinski definition) is 2. The lowest BCUT2D eigenvalue weighted by Gasteiger charge is -2.06. The van der Waals surface area contributed by atoms with Crippen molar-refractivity contribution < 1.29 is 5.11 Å². The molecule has 0 saturated heterocycles. The van der Waals surface area contributed by atoms with Crippen LogP contribution in [0.1, 0.15) is 37.6 Å². The first-order chi connectivity index (χ1) is 6.63. The summed E-state index contributed by atoms with van der Waals surface area (Å²) in [6, 6.07) is 2.11. The van der Waals surface area contributed by atoms with Gasteiger partial charge in [0.25, 0.3) is 0 Å². The lowest BCUT2D eigenvalue weighted by Crippen LogP contribution is -2.05. The van der Waals surface area contributed by atoms with E-state index in [-0.39, 0.29) is 6.10 Å². The number of rotatable bonds is 5. The third kappa shape index (κ3) is 3.14. The largest absolute Gasteiger partial charge is 0.393 e. The highest BCUT2D eigenvalue weighted by Gasteiger charge is 2.04. The Hall–Kier alpha value is -0.830. The summed E-state index contributed by atoms with van der Waals surface area (Å²) in [4.78, 5) is 0. The van der Waals surface area contributed by atoms with Gasteiger partial charge in [0.15, 0.2) is 0 Å². The fourth-order valence-electron chi connectivity index (χ4n) is 1.62. The summed E-state index contributed by atoms with van der Waals surface area (Å²) in [7, 11) is 1.97. The van der Waals surface area contributed by atoms with E-state index >= 15 is 0 Å². The van der Waals surface area contributed by atoms with Gasteiger partial charge in [-0.05, 0) is 38.7 Å². The Balaban J connectivity index is 2.34. The molecule has 0 spiro atoms. The van der Waals surface area contributed by atoms with Gasteiger partial charge in [0.1, 0.15) is 0 Å². The summed E-state index contributed by atoms with van der Waals surface area (Å²) in [6.07, 6.45) is 3.65. The Kier molecular flexibility index (Phi) is 4.14. The Labute approximate surface area is 85.8 Å². The highest BCUT2D eigenvalue weighted by Crippen LogP contribution is 2.09. The monoisotopic (exact) mass is 196 g/mol. The van der Waals surface area contributed by atoms with Gasteiger partial charge in [0.2, 0.25) is 0 Å². The summed E-state index contributed by atoms with van der Waals surface area (Å²) >= 11 is 0. The SMILES string of the molecule is CCC(O)CCCc1cc(C)nn1C. The predicted molar refractivity (Wildman–Crippen MR) is 57.2 cm³/mol. The minimum Gasteiger partial charge on any atom is -0.393 e. The van der Waals surface area contributed by atoms with Gasteiger partial charge in [-0.1, -0.05) is 6.92 Å². The third-order valence-corrected chi connectivity index (χ3v) is 2.54. The maximum atomic E-state index is 9.39. The summed E-state index contributed by atoms with van der Waals surface area (Å²) in [6.45, 7) is 4.02. The average Bonchev–Trinajstić information content (AvgIpc) is 2.45. The van der Waals surface area contributed by atoms with Crippen LogP contribution in [0.2, 0.25) is 0 Å². The molecule has 0 fully saturated rings. The van der Waals surface area contributed by atoms with Crippen molar-refractivity contribution in [1.29, 1.82) is 0 Å². The second-order valence-corrected chi connectivity index (χ2v) is 3.85. The molecule has 0 aliphatic carbocycles. The van der Waals surface area contributed by atoms with Gasteiger partial charge in [-0.3, -0.25) is 4.68 Å². The molecule has 1 heterocycles. The molecule has 3 nitrogen and oxygen atoms in total. The quantitative estimate of drug-likeness (QED) is 0.780. The van der Waals surface area contributed by atoms with E-state index in [9.17, 15) is 5.11 Å². The summed E-state index contributed by atoms with van der Waals surface area (Å²) < 4.78 is 1.92. The standard InChI is InChI=1S/C11H20N2O/c1-4-11(14)7-5-6-10-8-9(2)12-13(10)3/h8,11,14H,4-7H2,1-3H3. The Morgan fingerprint density at radius 3 is 2.79 bits per heavy atom. The Morgan fingerprint density at radius 2 is 2.29 bits per heavy atom. The van der Waals surface area contributed by atoms with Crippen LogP contribution < -0.4 is 0 Å². The Bertz CT molecular complexity index is 281. The van der Waals surface area contributed by atoms with Crippen LogP contribution in [0.5, 0.6) is 0 Å². The highest BCUT2D eigenvalue weighted by molar-refractivity contribution is 5.08. The second-order valence-electron chi connectivity index (χ2n) is 3.85. The lowest BCUT2D eigenvalue weighted by atomic mass is 10.1. The van der Waals surface area contributed by atoms with Crippen molar-refractivity contribution >= 4 is 0 Å². The fourth-order valence-corrected chi connectivity index (χ4v) is 1.62. The Morgan fingerprint density at radius 1 is 1.57 bits per heavy atom. The van der Waals surface area contributed by atoms with Crippen molar-refractivity contribution in [3.05, 3.63) is 17.5 Å². The van der Waals surface area contributed by atoms with E-state index in [0.717, 1.165) is 31.4 Å². The van der Waals surface area contributed by atoms with Gasteiger partial charge in [0.05, 0.1) is 11.8 Å². The average molecular weight is 196 g/mol. The molecule has 0 aliphatic heterocycles. The second kappa shape index (κ2) is 5.15. The number of aromatic nitrogens is 2. The minimum atomic E-state index is -0.135. The van der Waals surface area contributed by atoms with Crippen LogP contribution in [-0.4, -0.2) is 21.0 Å². The molecule has 14 heavy (non-hydrogen) atoms. The molecule has 0 aliphatic rings. The minimum absolute atomic E-state index is 0.135. The summed E-state index contributed by atoms with van der Waals surface area (Å²) in [5, 5.41) is 13.7. The topological polar surface area (TPSA) is 38.1 Å². The van der Waals surface area contributed by atoms with Crippen molar-refractivity contribution in [2.45, 2.75) is 45.6 Å². The van der Waals surface area contributed by atoms with E-state index < -0.39 is 0 Å². The number of aliphatic hydroxyl groups excluding tert-OH is 1. The highest BCUT2D eigenvalue weighted by atomic mass is 16.3. The van der Waals surface area contributed by atoms with E-state index in [0.29, 0.717) is 0 Å². The van der Waals surface area contributed by atoms with Crippen molar-refractivity contribution in [2.75, 3.05) is 0 Å². The molecule has 0 bridgehead atoms. The molecule has 1 atom stereocenters. The van der Waals surface area contributed by atoms with Crippen LogP contribution in [0.4, 0.5) is 0 Å². The lowest BCUT2D eigenvalue weighted by molar-refractivity contribution is 0.157. The predicted octanol–water partition coefficient (Wildman–Crippen LogP) is 1.82. The molecule has 0 radical (unpaired) electrons. The zero-order valence-corrected chi connectivity index (χ0v) is 9.32. The number of hydrogen-bond donors (Lipinski definition) is 1. The van der Waals surface area contributed by atoms with E-state index in [1.165, 1.54) is 5.69 Å². The van der Waals surface area contributed by atoms with E-state index in [1.807, 2.05) is 25.6 Å². The number of nitrogens with zero attached hydrogens (tertiary/aromatic N) is 2. The first-order valence-corrected chi connectivity index (χ1v) is 5.31. The van der Waals surface area contributed by atoms with Crippen LogP contribution in [0.3, 0.4) is 0 Å². The van der Waals surface area contributed by atoms with Crippen molar-refractivity contribution in [2.24, 2.45) is 7.05 Å². The molecule has 1 aromatic heterocycles. The van der Waals surface area contributed by atoms with E-state index in [4.69, 9.17) is 0 Å². The summed E-state index contributed by atoms with van der Waals surface area (Å²) in [5.74, 6) is 0. The molecule has 0 amide bonds. The van der Waals surface area contributed by atoms with Gasteiger partial charge in [-0.15, -0.1) is 0 Å². The van der Waals surface area contributed by atoms with Gasteiger partial charge in [-0.2, -0.15) is 5.10 Å². The van der Waals surface area contributed by atoms with Gasteiger partial charge < -0.3 is 5.11 Å². The van der Waals surface area contributed by atoms with Crippen molar-refractivity contribution in [3.63, 3.8) is 0 Å². The zero-order chi connectivity index (χ0) is 10.6. The molecular weight excluding hydrogens is 176 g/mol. The first kappa shape index (κ1) is 11.2. The van der Waals surface area contributed by atoms with Gasteiger partial charge >= 0.3 is 0 Å². The molecule has 0 saturated carbocycles. The molecule has 0 aromatic carbocycles. The van der Waals surface area contributed by atoms with E-state index in [2.05, 4.69) is 11.2 Å². The number of aryl methyl sites for hydroxylation is 3. The fraction of sp³-hybridized carbons (Fsp3) is 0.727. The van der Waals surface area contributed by atoms with Crippen LogP contribution in [-0.2, 0) is 13.5 Å². The van der Waals surface area contributed by atoms with Crippen molar-refractivity contribution in [3.8, 4) is 0 Å². The third-order valence-electron chi connectivity index (χ3n) is 2.54. The molecule has 80 valence electrons. The summed E-state index contributed by atoms with van der Waals surface area (Å²) in [5.41, 5.74) is 2.32. The smallest absolute Gasteiger partial charge is 0.0596 e. The maximum Gasteiger partial charge on any atom is 0.0596 e. The molecule has 1 N–H and O–H groups in total. The van der Waals surface area contributed by atoms with Gasteiger partial charge in [0, 0.05) is 12.7 Å². The van der Waals surface area contributed by atoms with Crippen LogP contribution in [0, 0.1) is 6.92 Å². The molecular formula is C11H20N2O. The normalized spacial score (nSPS) is 13.1. The zero-order valence-electron chi connectivity index (χ0n) is 9.32. The maximum absolute atomic E-state index is 9.39. The van der Waals surface area contributed by atoms with E-state index in [1.54, 1.807) is 0 Å². The van der Waals surface area contributed by atoms with Gasteiger partial charge in [-0.25, -0.2) is 0 Å². The molecule has 1 rings (SSSR count). The molecule has 1 aromatic rings. The first-order valence-electron chi connectivity index (χ1n) is 5.31. The number of aliphatic hydroxyl groups is 1. The van der Waals surface area contributed by atoms with Crippen LogP contribution in [0.15, 0.2) is 6.07 Å².